The lowest BCUT2D eigenvalue weighted by molar-refractivity contribution is -0.113. The van der Waals surface area contributed by atoms with E-state index >= 15 is 0 Å². The second-order valence-electron chi connectivity index (χ2n) is 6.09. The van der Waals surface area contributed by atoms with Crippen LogP contribution in [0.5, 0.6) is 0 Å². The van der Waals surface area contributed by atoms with Crippen LogP contribution in [0.25, 0.3) is 11.4 Å². The highest BCUT2D eigenvalue weighted by Gasteiger charge is 2.27. The fourth-order valence-electron chi connectivity index (χ4n) is 2.59. The van der Waals surface area contributed by atoms with Crippen LogP contribution in [0.3, 0.4) is 0 Å². The smallest absolute Gasteiger partial charge is 0.236 e. The minimum absolute atomic E-state index is 0.160. The van der Waals surface area contributed by atoms with Crippen LogP contribution in [-0.4, -0.2) is 36.6 Å². The van der Waals surface area contributed by atoms with Gasteiger partial charge in [0.2, 0.25) is 11.0 Å². The minimum Gasteiger partial charge on any atom is -0.302 e. The lowest BCUT2D eigenvalue weighted by Gasteiger charge is -2.07. The van der Waals surface area contributed by atoms with E-state index in [2.05, 4.69) is 25.7 Å². The summed E-state index contributed by atoms with van der Waals surface area (Å²) in [6.07, 6.45) is 2.30. The Kier molecular flexibility index (Phi) is 5.17. The molecule has 0 spiro atoms. The molecule has 0 saturated heterocycles. The van der Waals surface area contributed by atoms with Crippen molar-refractivity contribution in [2.45, 2.75) is 37.4 Å². The minimum atomic E-state index is -0.350. The highest BCUT2D eigenvalue weighted by atomic mass is 32.2. The van der Waals surface area contributed by atoms with Crippen molar-refractivity contribution in [3.8, 4) is 11.4 Å². The Bertz CT molecular complexity index is 968. The average molecular weight is 404 g/mol. The molecule has 1 N–H and O–H groups in total. The van der Waals surface area contributed by atoms with E-state index in [1.165, 1.54) is 29.2 Å². The van der Waals surface area contributed by atoms with Crippen LogP contribution in [0.2, 0.25) is 0 Å². The molecule has 1 saturated carbocycles. The second-order valence-corrected chi connectivity index (χ2v) is 8.04. The molecule has 2 heterocycles. The van der Waals surface area contributed by atoms with Crippen molar-refractivity contribution in [1.29, 1.82) is 0 Å². The molecule has 0 bridgehead atoms. The maximum atomic E-state index is 14.1. The Balaban J connectivity index is 1.41. The molecular weight excluding hydrogens is 387 g/mol. The Hall–Kier alpha value is -2.33. The van der Waals surface area contributed by atoms with Gasteiger partial charge in [0.15, 0.2) is 11.0 Å². The summed E-state index contributed by atoms with van der Waals surface area (Å²) in [5, 5.41) is 21.2. The molecule has 140 valence electrons. The van der Waals surface area contributed by atoms with Gasteiger partial charge in [-0.15, -0.1) is 20.4 Å². The fraction of sp³-hybridized carbons (Fsp3) is 0.353. The van der Waals surface area contributed by atoms with Crippen molar-refractivity contribution in [2.75, 3.05) is 11.1 Å². The number of nitrogens with zero attached hydrogens (tertiary/aromatic N) is 5. The predicted molar refractivity (Wildman–Crippen MR) is 102 cm³/mol. The van der Waals surface area contributed by atoms with Crippen molar-refractivity contribution in [2.24, 2.45) is 0 Å². The third-order valence-electron chi connectivity index (χ3n) is 4.09. The van der Waals surface area contributed by atoms with E-state index in [1.54, 1.807) is 22.8 Å². The van der Waals surface area contributed by atoms with Gasteiger partial charge in [0.25, 0.3) is 0 Å². The molecule has 1 amide bonds. The summed E-state index contributed by atoms with van der Waals surface area (Å²) in [4.78, 5) is 12.2. The zero-order valence-electron chi connectivity index (χ0n) is 14.6. The zero-order valence-corrected chi connectivity index (χ0v) is 16.2. The molecule has 1 aliphatic carbocycles. The van der Waals surface area contributed by atoms with E-state index < -0.39 is 0 Å². The van der Waals surface area contributed by atoms with Gasteiger partial charge in [0.05, 0.1) is 11.3 Å². The van der Waals surface area contributed by atoms with Crippen molar-refractivity contribution >= 4 is 34.1 Å². The molecule has 0 atom stereocenters. The van der Waals surface area contributed by atoms with Gasteiger partial charge in [-0.25, -0.2) is 4.39 Å². The summed E-state index contributed by atoms with van der Waals surface area (Å²) in [6, 6.07) is 6.45. The van der Waals surface area contributed by atoms with Crippen molar-refractivity contribution < 1.29 is 9.18 Å². The third-order valence-corrected chi connectivity index (χ3v) is 6.06. The molecule has 3 aromatic rings. The number of hydrogen-bond donors (Lipinski definition) is 1. The summed E-state index contributed by atoms with van der Waals surface area (Å²) in [6.45, 7) is 2.50. The van der Waals surface area contributed by atoms with Crippen molar-refractivity contribution in [1.82, 2.24) is 25.0 Å². The summed E-state index contributed by atoms with van der Waals surface area (Å²) < 4.78 is 15.9. The molecule has 10 heteroatoms. The SMILES string of the molecule is CCn1c(SCC(=O)Nc2nnc(C3CC3)s2)nnc1-c1ccccc1F. The molecular formula is C17H17FN6OS2. The van der Waals surface area contributed by atoms with Gasteiger partial charge in [-0.05, 0) is 31.9 Å². The molecule has 7 nitrogen and oxygen atoms in total. The van der Waals surface area contributed by atoms with Crippen LogP contribution in [0.15, 0.2) is 29.4 Å². The number of halogens is 1. The second kappa shape index (κ2) is 7.73. The molecule has 27 heavy (non-hydrogen) atoms. The normalized spacial score (nSPS) is 13.7. The average Bonchev–Trinajstić information content (AvgIpc) is 3.28. The maximum absolute atomic E-state index is 14.1. The first-order valence-electron chi connectivity index (χ1n) is 8.60. The number of nitrogens with one attached hydrogen (secondary N) is 1. The van der Waals surface area contributed by atoms with E-state index in [4.69, 9.17) is 0 Å². The first kappa shape index (κ1) is 18.1. The van der Waals surface area contributed by atoms with Crippen molar-refractivity contribution in [3.63, 3.8) is 0 Å². The summed E-state index contributed by atoms with van der Waals surface area (Å²) in [5.74, 6) is 0.598. The molecule has 1 aliphatic rings. The van der Waals surface area contributed by atoms with Gasteiger partial charge in [-0.1, -0.05) is 35.2 Å². The first-order valence-corrected chi connectivity index (χ1v) is 10.4. The lowest BCUT2D eigenvalue weighted by atomic mass is 10.2. The molecule has 0 aliphatic heterocycles. The van der Waals surface area contributed by atoms with Gasteiger partial charge in [-0.2, -0.15) is 0 Å². The van der Waals surface area contributed by atoms with E-state index in [-0.39, 0.29) is 17.5 Å². The summed E-state index contributed by atoms with van der Waals surface area (Å²) >= 11 is 2.68. The number of carbonyl (C=O) groups is 1. The van der Waals surface area contributed by atoms with Crippen LogP contribution in [0, 0.1) is 5.82 Å². The molecule has 0 radical (unpaired) electrons. The highest BCUT2D eigenvalue weighted by molar-refractivity contribution is 7.99. The van der Waals surface area contributed by atoms with Crippen LogP contribution in [0.1, 0.15) is 30.7 Å². The van der Waals surface area contributed by atoms with Gasteiger partial charge in [0.1, 0.15) is 10.8 Å². The predicted octanol–water partition coefficient (Wildman–Crippen LogP) is 3.56. The van der Waals surface area contributed by atoms with E-state index in [9.17, 15) is 9.18 Å². The molecule has 4 rings (SSSR count). The quantitative estimate of drug-likeness (QED) is 0.606. The van der Waals surface area contributed by atoms with E-state index in [1.807, 2.05) is 6.92 Å². The van der Waals surface area contributed by atoms with Crippen LogP contribution in [0.4, 0.5) is 9.52 Å². The van der Waals surface area contributed by atoms with E-state index in [0.29, 0.717) is 34.1 Å². The van der Waals surface area contributed by atoms with Crippen molar-refractivity contribution in [3.05, 3.63) is 35.1 Å². The third kappa shape index (κ3) is 4.01. The zero-order chi connectivity index (χ0) is 18.8. The number of aromatic nitrogens is 5. The molecule has 1 aromatic carbocycles. The number of benzene rings is 1. The van der Waals surface area contributed by atoms with Crippen LogP contribution < -0.4 is 5.32 Å². The monoisotopic (exact) mass is 404 g/mol. The summed E-state index contributed by atoms with van der Waals surface area (Å²) in [7, 11) is 0. The topological polar surface area (TPSA) is 85.6 Å². The van der Waals surface area contributed by atoms with Crippen LogP contribution >= 0.6 is 23.1 Å². The fourth-order valence-corrected chi connectivity index (χ4v) is 4.32. The number of hydrogen-bond acceptors (Lipinski definition) is 7. The number of amides is 1. The first-order chi connectivity index (χ1) is 13.2. The van der Waals surface area contributed by atoms with Gasteiger partial charge in [0, 0.05) is 12.5 Å². The van der Waals surface area contributed by atoms with E-state index in [0.717, 1.165) is 17.8 Å². The Morgan fingerprint density at radius 2 is 2.11 bits per heavy atom. The van der Waals surface area contributed by atoms with Gasteiger partial charge in [-0.3, -0.25) is 10.1 Å². The Morgan fingerprint density at radius 1 is 1.30 bits per heavy atom. The summed E-state index contributed by atoms with van der Waals surface area (Å²) in [5.41, 5.74) is 0.393. The maximum Gasteiger partial charge on any atom is 0.236 e. The number of carbonyl (C=O) groups excluding carboxylic acids is 1. The number of thioether (sulfide) groups is 1. The molecule has 1 fully saturated rings. The number of rotatable bonds is 7. The van der Waals surface area contributed by atoms with Gasteiger partial charge < -0.3 is 4.57 Å². The van der Waals surface area contributed by atoms with Gasteiger partial charge >= 0.3 is 0 Å². The highest BCUT2D eigenvalue weighted by Crippen LogP contribution is 2.42. The standard InChI is InChI=1S/C17H17FN6OS2/c1-2-24-14(11-5-3-4-6-12(11)18)20-23-17(24)26-9-13(25)19-16-22-21-15(27-16)10-7-8-10/h3-6,10H,2,7-9H2,1H3,(H,19,22,25). The Labute approximate surface area is 163 Å². The largest absolute Gasteiger partial charge is 0.302 e. The van der Waals surface area contributed by atoms with Crippen LogP contribution in [-0.2, 0) is 11.3 Å². The molecule has 2 aromatic heterocycles. The number of anilines is 1. The Morgan fingerprint density at radius 3 is 2.85 bits per heavy atom. The lowest BCUT2D eigenvalue weighted by Crippen LogP contribution is -2.14. The molecule has 0 unspecified atom stereocenters.